The van der Waals surface area contributed by atoms with Crippen LogP contribution in [0.1, 0.15) is 12.0 Å². The van der Waals surface area contributed by atoms with Crippen molar-refractivity contribution in [2.75, 3.05) is 6.54 Å². The van der Waals surface area contributed by atoms with Gasteiger partial charge in [0.2, 0.25) is 15.9 Å². The lowest BCUT2D eigenvalue weighted by Crippen LogP contribution is -2.33. The van der Waals surface area contributed by atoms with Gasteiger partial charge >= 0.3 is 0 Å². The quantitative estimate of drug-likeness (QED) is 0.696. The molecule has 0 aliphatic carbocycles. The molecule has 1 amide bonds. The Morgan fingerprint density at radius 1 is 0.885 bits per heavy atom. The van der Waals surface area contributed by atoms with E-state index in [2.05, 4.69) is 0 Å². The number of carbonyl (C=O) groups excluding carboxylic acids is 1. The summed E-state index contributed by atoms with van der Waals surface area (Å²) in [5.41, 5.74) is 6.08. The van der Waals surface area contributed by atoms with Gasteiger partial charge in [-0.2, -0.15) is 4.31 Å². The van der Waals surface area contributed by atoms with Gasteiger partial charge in [-0.3, -0.25) is 4.79 Å². The number of sulfonamides is 1. The third kappa shape index (κ3) is 4.09. The van der Waals surface area contributed by atoms with Gasteiger partial charge in [0.25, 0.3) is 0 Å². The molecule has 3 rings (SSSR count). The summed E-state index contributed by atoms with van der Waals surface area (Å²) < 4.78 is 27.6. The van der Waals surface area contributed by atoms with Crippen LogP contribution < -0.4 is 5.73 Å². The van der Waals surface area contributed by atoms with E-state index in [0.29, 0.717) is 0 Å². The predicted molar refractivity (Wildman–Crippen MR) is 102 cm³/mol. The van der Waals surface area contributed by atoms with Gasteiger partial charge in [0, 0.05) is 19.5 Å². The molecule has 0 fully saturated rings. The molecule has 0 aromatic heterocycles. The van der Waals surface area contributed by atoms with Gasteiger partial charge < -0.3 is 5.73 Å². The minimum Gasteiger partial charge on any atom is -0.370 e. The van der Waals surface area contributed by atoms with Crippen molar-refractivity contribution in [3.05, 3.63) is 78.4 Å². The van der Waals surface area contributed by atoms with Gasteiger partial charge in [-0.25, -0.2) is 8.42 Å². The first-order chi connectivity index (χ1) is 12.5. The number of hydrogen-bond acceptors (Lipinski definition) is 3. The third-order valence-corrected chi connectivity index (χ3v) is 6.01. The molecule has 0 aliphatic rings. The van der Waals surface area contributed by atoms with Crippen molar-refractivity contribution in [2.24, 2.45) is 5.73 Å². The van der Waals surface area contributed by atoms with Gasteiger partial charge in [0.15, 0.2) is 0 Å². The van der Waals surface area contributed by atoms with Gasteiger partial charge in [-0.15, -0.1) is 0 Å². The summed E-state index contributed by atoms with van der Waals surface area (Å²) in [5, 5.41) is 1.82. The first kappa shape index (κ1) is 18.1. The lowest BCUT2D eigenvalue weighted by molar-refractivity contribution is -0.118. The molecule has 5 nitrogen and oxygen atoms in total. The van der Waals surface area contributed by atoms with Crippen LogP contribution in [0.4, 0.5) is 0 Å². The minimum atomic E-state index is -3.76. The lowest BCUT2D eigenvalue weighted by atomic mass is 10.1. The van der Waals surface area contributed by atoms with Crippen molar-refractivity contribution in [2.45, 2.75) is 17.9 Å². The highest BCUT2D eigenvalue weighted by molar-refractivity contribution is 7.89. The summed E-state index contributed by atoms with van der Waals surface area (Å²) in [6, 6.07) is 21.9. The fraction of sp³-hybridized carbons (Fsp3) is 0.150. The summed E-state index contributed by atoms with van der Waals surface area (Å²) >= 11 is 0. The molecular formula is C20H20N2O3S. The summed E-state index contributed by atoms with van der Waals surface area (Å²) in [7, 11) is -3.76. The Hall–Kier alpha value is -2.70. The lowest BCUT2D eigenvalue weighted by Gasteiger charge is -2.22. The number of carbonyl (C=O) groups is 1. The highest BCUT2D eigenvalue weighted by atomic mass is 32.2. The highest BCUT2D eigenvalue weighted by Gasteiger charge is 2.25. The zero-order valence-corrected chi connectivity index (χ0v) is 15.0. The van der Waals surface area contributed by atoms with Gasteiger partial charge in [-0.05, 0) is 28.5 Å². The molecule has 134 valence electrons. The Bertz CT molecular complexity index is 1020. The smallest absolute Gasteiger partial charge is 0.243 e. The second-order valence-corrected chi connectivity index (χ2v) is 7.99. The number of fused-ring (bicyclic) bond motifs is 1. The topological polar surface area (TPSA) is 80.5 Å². The molecule has 26 heavy (non-hydrogen) atoms. The normalized spacial score (nSPS) is 11.7. The van der Waals surface area contributed by atoms with E-state index in [-0.39, 0.29) is 24.4 Å². The molecule has 0 atom stereocenters. The molecule has 3 aromatic rings. The molecule has 0 aliphatic heterocycles. The van der Waals surface area contributed by atoms with Crippen molar-refractivity contribution in [1.29, 1.82) is 0 Å². The van der Waals surface area contributed by atoms with E-state index in [4.69, 9.17) is 5.73 Å². The van der Waals surface area contributed by atoms with Crippen LogP contribution in [0.15, 0.2) is 77.7 Å². The Kier molecular flexibility index (Phi) is 5.35. The number of nitrogens with zero attached hydrogens (tertiary/aromatic N) is 1. The molecular weight excluding hydrogens is 348 g/mol. The van der Waals surface area contributed by atoms with Gasteiger partial charge in [0.05, 0.1) is 4.90 Å². The third-order valence-electron chi connectivity index (χ3n) is 4.17. The average molecular weight is 368 g/mol. The van der Waals surface area contributed by atoms with Crippen LogP contribution in [0.3, 0.4) is 0 Å². The zero-order chi connectivity index (χ0) is 18.6. The maximum Gasteiger partial charge on any atom is 0.243 e. The van der Waals surface area contributed by atoms with E-state index in [1.165, 1.54) is 4.31 Å². The molecule has 0 saturated carbocycles. The van der Waals surface area contributed by atoms with Crippen LogP contribution in [-0.4, -0.2) is 25.2 Å². The first-order valence-electron chi connectivity index (χ1n) is 8.28. The SMILES string of the molecule is NC(=O)CCN(Cc1ccccc1)S(=O)(=O)c1ccc2ccccc2c1. The number of benzene rings is 3. The molecule has 3 aromatic carbocycles. The van der Waals surface area contributed by atoms with Crippen molar-refractivity contribution in [3.63, 3.8) is 0 Å². The van der Waals surface area contributed by atoms with Crippen LogP contribution in [0.2, 0.25) is 0 Å². The largest absolute Gasteiger partial charge is 0.370 e. The average Bonchev–Trinajstić information content (AvgIpc) is 2.65. The minimum absolute atomic E-state index is 0.0281. The van der Waals surface area contributed by atoms with Crippen LogP contribution in [0.5, 0.6) is 0 Å². The zero-order valence-electron chi connectivity index (χ0n) is 14.2. The number of amides is 1. The fourth-order valence-electron chi connectivity index (χ4n) is 2.78. The van der Waals surface area contributed by atoms with Gasteiger partial charge in [-0.1, -0.05) is 60.7 Å². The second kappa shape index (κ2) is 7.68. The second-order valence-electron chi connectivity index (χ2n) is 6.05. The van der Waals surface area contributed by atoms with Crippen molar-refractivity contribution in [3.8, 4) is 0 Å². The maximum absolute atomic E-state index is 13.2. The van der Waals surface area contributed by atoms with Crippen LogP contribution in [0, 0.1) is 0 Å². The highest BCUT2D eigenvalue weighted by Crippen LogP contribution is 2.23. The molecule has 0 heterocycles. The fourth-order valence-corrected chi connectivity index (χ4v) is 4.25. The molecule has 0 saturated heterocycles. The van der Waals surface area contributed by atoms with E-state index >= 15 is 0 Å². The Labute approximate surface area is 153 Å². The number of primary amides is 1. The molecule has 0 radical (unpaired) electrons. The molecule has 0 spiro atoms. The van der Waals surface area contributed by atoms with Crippen LogP contribution >= 0.6 is 0 Å². The molecule has 6 heteroatoms. The van der Waals surface area contributed by atoms with E-state index in [9.17, 15) is 13.2 Å². The Morgan fingerprint density at radius 2 is 1.54 bits per heavy atom. The van der Waals surface area contributed by atoms with E-state index in [0.717, 1.165) is 16.3 Å². The molecule has 2 N–H and O–H groups in total. The summed E-state index contributed by atoms with van der Waals surface area (Å²) in [4.78, 5) is 11.4. The summed E-state index contributed by atoms with van der Waals surface area (Å²) in [5.74, 6) is -0.531. The maximum atomic E-state index is 13.2. The number of rotatable bonds is 7. The van der Waals surface area contributed by atoms with E-state index in [1.807, 2.05) is 54.6 Å². The molecule has 0 bridgehead atoms. The summed E-state index contributed by atoms with van der Waals surface area (Å²) in [6.07, 6.45) is -0.0281. The van der Waals surface area contributed by atoms with E-state index < -0.39 is 15.9 Å². The monoisotopic (exact) mass is 368 g/mol. The van der Waals surface area contributed by atoms with Gasteiger partial charge in [0.1, 0.15) is 0 Å². The van der Waals surface area contributed by atoms with Crippen LogP contribution in [-0.2, 0) is 21.4 Å². The Balaban J connectivity index is 1.97. The Morgan fingerprint density at radius 3 is 2.23 bits per heavy atom. The van der Waals surface area contributed by atoms with Crippen LogP contribution in [0.25, 0.3) is 10.8 Å². The standard InChI is InChI=1S/C20H20N2O3S/c21-20(23)12-13-22(15-16-6-2-1-3-7-16)26(24,25)19-11-10-17-8-4-5-9-18(17)14-19/h1-11,14H,12-13,15H2,(H2,21,23). The number of hydrogen-bond donors (Lipinski definition) is 1. The van der Waals surface area contributed by atoms with E-state index in [1.54, 1.807) is 18.2 Å². The van der Waals surface area contributed by atoms with Crippen molar-refractivity contribution in [1.82, 2.24) is 4.31 Å². The number of nitrogens with two attached hydrogens (primary N) is 1. The predicted octanol–water partition coefficient (Wildman–Crippen LogP) is 2.91. The molecule has 0 unspecified atom stereocenters. The van der Waals surface area contributed by atoms with Crippen molar-refractivity contribution < 1.29 is 13.2 Å². The summed E-state index contributed by atoms with van der Waals surface area (Å²) in [6.45, 7) is 0.225. The first-order valence-corrected chi connectivity index (χ1v) is 9.72. The van der Waals surface area contributed by atoms with Crippen molar-refractivity contribution >= 4 is 26.7 Å².